The number of rotatable bonds is 4. The van der Waals surface area contributed by atoms with Crippen molar-refractivity contribution >= 4 is 35.0 Å². The predicted octanol–water partition coefficient (Wildman–Crippen LogP) is 2.78. The molecule has 23 heavy (non-hydrogen) atoms. The summed E-state index contributed by atoms with van der Waals surface area (Å²) in [5.74, 6) is -0.753. The lowest BCUT2D eigenvalue weighted by molar-refractivity contribution is -0.113. The second kappa shape index (κ2) is 6.72. The molecule has 3 rings (SSSR count). The van der Waals surface area contributed by atoms with Gasteiger partial charge in [-0.1, -0.05) is 23.4 Å². The van der Waals surface area contributed by atoms with Crippen molar-refractivity contribution in [3.63, 3.8) is 0 Å². The Balaban J connectivity index is 1.62. The van der Waals surface area contributed by atoms with E-state index < -0.39 is 5.82 Å². The molecule has 1 aromatic heterocycles. The molecule has 2 aromatic rings. The van der Waals surface area contributed by atoms with Crippen LogP contribution in [0.5, 0.6) is 0 Å². The lowest BCUT2D eigenvalue weighted by atomic mass is 10.3. The van der Waals surface area contributed by atoms with Crippen molar-refractivity contribution < 1.29 is 9.18 Å². The van der Waals surface area contributed by atoms with Crippen molar-refractivity contribution in [1.29, 1.82) is 0 Å². The minimum atomic E-state index is -0.543. The molecular formula is C15H13ClFN3O2S. The van der Waals surface area contributed by atoms with Crippen LogP contribution in [0.2, 0.25) is 5.02 Å². The van der Waals surface area contributed by atoms with E-state index in [1.165, 1.54) is 18.2 Å². The summed E-state index contributed by atoms with van der Waals surface area (Å²) >= 11 is 6.81. The first-order valence-electron chi connectivity index (χ1n) is 7.02. The van der Waals surface area contributed by atoms with Gasteiger partial charge in [-0.3, -0.25) is 9.59 Å². The van der Waals surface area contributed by atoms with E-state index in [1.807, 2.05) is 0 Å². The summed E-state index contributed by atoms with van der Waals surface area (Å²) in [6.45, 7) is 0. The summed E-state index contributed by atoms with van der Waals surface area (Å²) in [7, 11) is 0. The zero-order valence-corrected chi connectivity index (χ0v) is 13.6. The van der Waals surface area contributed by atoms with E-state index in [4.69, 9.17) is 11.6 Å². The third-order valence-electron chi connectivity index (χ3n) is 3.46. The van der Waals surface area contributed by atoms with Gasteiger partial charge in [0, 0.05) is 11.3 Å². The molecule has 1 aliphatic rings. The van der Waals surface area contributed by atoms with Gasteiger partial charge in [0.25, 0.3) is 5.56 Å². The molecule has 1 aliphatic carbocycles. The van der Waals surface area contributed by atoms with Gasteiger partial charge in [-0.15, -0.1) is 0 Å². The maximum Gasteiger partial charge on any atom is 0.254 e. The highest BCUT2D eigenvalue weighted by Gasteiger charge is 2.17. The van der Waals surface area contributed by atoms with Gasteiger partial charge < -0.3 is 10.3 Å². The molecule has 0 unspecified atom stereocenters. The standard InChI is InChI=1S/C15H13ClFN3O2S/c16-10-6-8(4-5-11(10)17)18-13(21)7-23-15-19-12-3-1-2-9(12)14(22)20-15/h4-6H,1-3,7H2,(H,18,21)(H,19,20,22). The summed E-state index contributed by atoms with van der Waals surface area (Å²) in [6.07, 6.45) is 2.49. The zero-order chi connectivity index (χ0) is 16.4. The molecule has 5 nitrogen and oxygen atoms in total. The molecule has 1 amide bonds. The number of carbonyl (C=O) groups is 1. The van der Waals surface area contributed by atoms with Crippen molar-refractivity contribution in [3.8, 4) is 0 Å². The Labute approximate surface area is 140 Å². The lowest BCUT2D eigenvalue weighted by Gasteiger charge is -2.06. The van der Waals surface area contributed by atoms with E-state index in [0.717, 1.165) is 42.3 Å². The summed E-state index contributed by atoms with van der Waals surface area (Å²) in [5, 5.41) is 2.99. The molecule has 0 saturated carbocycles. The van der Waals surface area contributed by atoms with Crippen molar-refractivity contribution in [2.45, 2.75) is 24.4 Å². The number of benzene rings is 1. The van der Waals surface area contributed by atoms with E-state index in [0.29, 0.717) is 10.8 Å². The number of aromatic amines is 1. The van der Waals surface area contributed by atoms with E-state index in [1.54, 1.807) is 0 Å². The molecule has 0 fully saturated rings. The van der Waals surface area contributed by atoms with Crippen LogP contribution in [0.15, 0.2) is 28.2 Å². The molecule has 0 bridgehead atoms. The Hall–Kier alpha value is -1.86. The number of nitrogens with one attached hydrogen (secondary N) is 2. The van der Waals surface area contributed by atoms with Crippen molar-refractivity contribution in [2.24, 2.45) is 0 Å². The Morgan fingerprint density at radius 3 is 3.04 bits per heavy atom. The number of amides is 1. The number of hydrogen-bond donors (Lipinski definition) is 2. The predicted molar refractivity (Wildman–Crippen MR) is 87.6 cm³/mol. The van der Waals surface area contributed by atoms with E-state index >= 15 is 0 Å². The number of aryl methyl sites for hydroxylation is 1. The van der Waals surface area contributed by atoms with Gasteiger partial charge in [0.15, 0.2) is 5.16 Å². The lowest BCUT2D eigenvalue weighted by Crippen LogP contribution is -2.17. The van der Waals surface area contributed by atoms with Crippen LogP contribution in [0.4, 0.5) is 10.1 Å². The summed E-state index contributed by atoms with van der Waals surface area (Å²) in [5.41, 5.74) is 1.86. The highest BCUT2D eigenvalue weighted by molar-refractivity contribution is 7.99. The second-order valence-electron chi connectivity index (χ2n) is 5.12. The minimum absolute atomic E-state index is 0.0555. The van der Waals surface area contributed by atoms with Crippen LogP contribution in [0.25, 0.3) is 0 Å². The van der Waals surface area contributed by atoms with Gasteiger partial charge in [0.05, 0.1) is 16.5 Å². The van der Waals surface area contributed by atoms with Gasteiger partial charge in [0.2, 0.25) is 5.91 Å². The monoisotopic (exact) mass is 353 g/mol. The maximum atomic E-state index is 13.1. The fourth-order valence-corrected chi connectivity index (χ4v) is 3.25. The molecule has 0 spiro atoms. The van der Waals surface area contributed by atoms with Crippen LogP contribution in [-0.2, 0) is 17.6 Å². The van der Waals surface area contributed by atoms with E-state index in [9.17, 15) is 14.0 Å². The second-order valence-corrected chi connectivity index (χ2v) is 6.49. The van der Waals surface area contributed by atoms with E-state index in [2.05, 4.69) is 15.3 Å². The Morgan fingerprint density at radius 1 is 1.43 bits per heavy atom. The first-order chi connectivity index (χ1) is 11.0. The number of carbonyl (C=O) groups excluding carboxylic acids is 1. The van der Waals surface area contributed by atoms with Crippen molar-refractivity contribution in [3.05, 3.63) is 50.7 Å². The number of anilines is 1. The molecule has 1 heterocycles. The van der Waals surface area contributed by atoms with Crippen LogP contribution in [0, 0.1) is 5.82 Å². The molecule has 1 aromatic carbocycles. The van der Waals surface area contributed by atoms with Crippen molar-refractivity contribution in [2.75, 3.05) is 11.1 Å². The molecule has 8 heteroatoms. The number of nitrogens with zero attached hydrogens (tertiary/aromatic N) is 1. The summed E-state index contributed by atoms with van der Waals surface area (Å²) < 4.78 is 13.1. The first kappa shape index (κ1) is 16.0. The summed E-state index contributed by atoms with van der Waals surface area (Å²) in [6, 6.07) is 3.96. The largest absolute Gasteiger partial charge is 0.325 e. The normalized spacial score (nSPS) is 13.0. The van der Waals surface area contributed by atoms with E-state index in [-0.39, 0.29) is 22.2 Å². The number of thioether (sulfide) groups is 1. The number of H-pyrrole nitrogens is 1. The SMILES string of the molecule is O=C(CSc1nc2c(c(=O)[nH]1)CCC2)Nc1ccc(F)c(Cl)c1. The van der Waals surface area contributed by atoms with Gasteiger partial charge in [-0.25, -0.2) is 9.37 Å². The highest BCUT2D eigenvalue weighted by atomic mass is 35.5. The Bertz CT molecular complexity index is 825. The van der Waals surface area contributed by atoms with Gasteiger partial charge in [-0.2, -0.15) is 0 Å². The van der Waals surface area contributed by atoms with Crippen LogP contribution in [-0.4, -0.2) is 21.6 Å². The van der Waals surface area contributed by atoms with Crippen LogP contribution < -0.4 is 10.9 Å². The van der Waals surface area contributed by atoms with Gasteiger partial charge >= 0.3 is 0 Å². The average molecular weight is 354 g/mol. The topological polar surface area (TPSA) is 74.8 Å². The third-order valence-corrected chi connectivity index (χ3v) is 4.63. The molecule has 2 N–H and O–H groups in total. The molecular weight excluding hydrogens is 341 g/mol. The molecule has 0 atom stereocenters. The fourth-order valence-electron chi connectivity index (χ4n) is 2.39. The maximum absolute atomic E-state index is 13.1. The smallest absolute Gasteiger partial charge is 0.254 e. The third kappa shape index (κ3) is 3.73. The summed E-state index contributed by atoms with van der Waals surface area (Å²) in [4.78, 5) is 30.9. The molecule has 120 valence electrons. The van der Waals surface area contributed by atoms with Gasteiger partial charge in [0.1, 0.15) is 5.82 Å². The molecule has 0 radical (unpaired) electrons. The highest BCUT2D eigenvalue weighted by Crippen LogP contribution is 2.21. The molecule has 0 saturated heterocycles. The Morgan fingerprint density at radius 2 is 2.26 bits per heavy atom. The fraction of sp³-hybridized carbons (Fsp3) is 0.267. The van der Waals surface area contributed by atoms with Crippen LogP contribution in [0.3, 0.4) is 0 Å². The first-order valence-corrected chi connectivity index (χ1v) is 8.39. The average Bonchev–Trinajstić information content (AvgIpc) is 2.98. The van der Waals surface area contributed by atoms with Crippen LogP contribution in [0.1, 0.15) is 17.7 Å². The van der Waals surface area contributed by atoms with Gasteiger partial charge in [-0.05, 0) is 37.5 Å². The minimum Gasteiger partial charge on any atom is -0.325 e. The number of fused-ring (bicyclic) bond motifs is 1. The zero-order valence-electron chi connectivity index (χ0n) is 12.0. The van der Waals surface area contributed by atoms with Crippen molar-refractivity contribution in [1.82, 2.24) is 9.97 Å². The van der Waals surface area contributed by atoms with Crippen LogP contribution >= 0.6 is 23.4 Å². The molecule has 0 aliphatic heterocycles. The number of aromatic nitrogens is 2. The number of halogens is 2. The quantitative estimate of drug-likeness (QED) is 0.654. The Kier molecular flexibility index (Phi) is 4.68. The number of hydrogen-bond acceptors (Lipinski definition) is 4.